The molecule has 18 heavy (non-hydrogen) atoms. The number of rotatable bonds is 2. The molecule has 1 N–H and O–H groups in total. The van der Waals surface area contributed by atoms with Crippen molar-refractivity contribution >= 4 is 18.0 Å². The summed E-state index contributed by atoms with van der Waals surface area (Å²) in [5.41, 5.74) is 3.48. The van der Waals surface area contributed by atoms with Gasteiger partial charge in [0, 0.05) is 25.0 Å². The van der Waals surface area contributed by atoms with Crippen LogP contribution in [0.5, 0.6) is 0 Å². The summed E-state index contributed by atoms with van der Waals surface area (Å²) in [5, 5.41) is 2.60. The Morgan fingerprint density at radius 3 is 2.44 bits per heavy atom. The number of urea groups is 1. The molecule has 0 radical (unpaired) electrons. The van der Waals surface area contributed by atoms with E-state index >= 15 is 0 Å². The van der Waals surface area contributed by atoms with E-state index in [9.17, 15) is 9.59 Å². The lowest BCUT2D eigenvalue weighted by Gasteiger charge is -2.06. The minimum Gasteiger partial charge on any atom is -0.352 e. The van der Waals surface area contributed by atoms with E-state index in [1.807, 2.05) is 31.5 Å². The number of amides is 3. The zero-order valence-electron chi connectivity index (χ0n) is 11.1. The maximum Gasteiger partial charge on any atom is 0.328 e. The summed E-state index contributed by atoms with van der Waals surface area (Å²) in [4.78, 5) is 24.6. The number of nitrogens with one attached hydrogen (secondary N) is 1. The summed E-state index contributed by atoms with van der Waals surface area (Å²) in [7, 11) is 1.97. The van der Waals surface area contributed by atoms with Crippen LogP contribution in [0.15, 0.2) is 11.8 Å². The largest absolute Gasteiger partial charge is 0.352 e. The van der Waals surface area contributed by atoms with Crippen molar-refractivity contribution in [3.05, 3.63) is 28.7 Å². The van der Waals surface area contributed by atoms with Gasteiger partial charge in [-0.3, -0.25) is 9.69 Å². The van der Waals surface area contributed by atoms with Crippen LogP contribution in [-0.4, -0.2) is 28.0 Å². The molecule has 0 bridgehead atoms. The molecule has 3 amide bonds. The van der Waals surface area contributed by atoms with Gasteiger partial charge < -0.3 is 9.88 Å². The standard InChI is InChI=1S/C13H17N3O2/c1-5-16-12(17)11(14-13(16)18)7-10-6-8(2)15(4)9(10)3/h6-7H,5H2,1-4H3,(H,14,18)/b11-7+. The van der Waals surface area contributed by atoms with Gasteiger partial charge in [0.15, 0.2) is 0 Å². The van der Waals surface area contributed by atoms with E-state index in [0.29, 0.717) is 12.2 Å². The van der Waals surface area contributed by atoms with Gasteiger partial charge >= 0.3 is 6.03 Å². The Morgan fingerprint density at radius 2 is 2.00 bits per heavy atom. The Bertz CT molecular complexity index is 555. The topological polar surface area (TPSA) is 54.3 Å². The van der Waals surface area contributed by atoms with E-state index in [1.165, 1.54) is 4.90 Å². The average molecular weight is 247 g/mol. The summed E-state index contributed by atoms with van der Waals surface area (Å²) in [6, 6.07) is 1.65. The Balaban J connectivity index is 2.38. The van der Waals surface area contributed by atoms with E-state index in [4.69, 9.17) is 0 Å². The SMILES string of the molecule is CCN1C(=O)N/C(=C/c2cc(C)n(C)c2C)C1=O. The molecule has 0 unspecified atom stereocenters. The molecule has 0 atom stereocenters. The highest BCUT2D eigenvalue weighted by molar-refractivity contribution is 6.13. The first-order valence-electron chi connectivity index (χ1n) is 5.93. The molecule has 5 heteroatoms. The lowest BCUT2D eigenvalue weighted by molar-refractivity contribution is -0.122. The van der Waals surface area contributed by atoms with E-state index < -0.39 is 0 Å². The minimum atomic E-state index is -0.348. The maximum absolute atomic E-state index is 11.9. The molecule has 1 aliphatic heterocycles. The van der Waals surface area contributed by atoms with Gasteiger partial charge in [-0.25, -0.2) is 4.79 Å². The molecule has 0 saturated carbocycles. The van der Waals surface area contributed by atoms with Crippen molar-refractivity contribution in [3.8, 4) is 0 Å². The summed E-state index contributed by atoms with van der Waals surface area (Å²) in [6.07, 6.45) is 1.73. The Morgan fingerprint density at radius 1 is 1.33 bits per heavy atom. The van der Waals surface area contributed by atoms with Gasteiger partial charge in [0.05, 0.1) is 0 Å². The molecule has 2 heterocycles. The van der Waals surface area contributed by atoms with Crippen molar-refractivity contribution < 1.29 is 9.59 Å². The van der Waals surface area contributed by atoms with Crippen LogP contribution in [0.4, 0.5) is 4.79 Å². The third kappa shape index (κ3) is 1.81. The highest BCUT2D eigenvalue weighted by Crippen LogP contribution is 2.19. The molecule has 2 rings (SSSR count). The van der Waals surface area contributed by atoms with Crippen LogP contribution in [-0.2, 0) is 11.8 Å². The number of nitrogens with zero attached hydrogens (tertiary/aromatic N) is 2. The Hall–Kier alpha value is -2.04. The van der Waals surface area contributed by atoms with Crippen LogP contribution in [0.3, 0.4) is 0 Å². The van der Waals surface area contributed by atoms with Crippen molar-refractivity contribution in [2.45, 2.75) is 20.8 Å². The van der Waals surface area contributed by atoms with Crippen molar-refractivity contribution in [1.82, 2.24) is 14.8 Å². The predicted octanol–water partition coefficient (Wildman–Crippen LogP) is 1.55. The van der Waals surface area contributed by atoms with Crippen molar-refractivity contribution in [2.24, 2.45) is 7.05 Å². The molecule has 1 saturated heterocycles. The average Bonchev–Trinajstić information content (AvgIpc) is 2.72. The first-order chi connectivity index (χ1) is 8.45. The van der Waals surface area contributed by atoms with Crippen LogP contribution in [0.25, 0.3) is 6.08 Å². The zero-order valence-corrected chi connectivity index (χ0v) is 11.1. The smallest absolute Gasteiger partial charge is 0.328 e. The third-order valence-electron chi connectivity index (χ3n) is 3.39. The molecule has 1 aliphatic rings. The Kier molecular flexibility index (Phi) is 2.98. The van der Waals surface area contributed by atoms with Crippen LogP contribution < -0.4 is 5.32 Å². The quantitative estimate of drug-likeness (QED) is 0.637. The number of hydrogen-bond acceptors (Lipinski definition) is 2. The molecule has 96 valence electrons. The summed E-state index contributed by atoms with van der Waals surface area (Å²) in [6.45, 7) is 6.15. The van der Waals surface area contributed by atoms with Gasteiger partial charge in [-0.2, -0.15) is 0 Å². The first-order valence-corrected chi connectivity index (χ1v) is 5.93. The molecular formula is C13H17N3O2. The lowest BCUT2D eigenvalue weighted by Crippen LogP contribution is -2.30. The highest BCUT2D eigenvalue weighted by Gasteiger charge is 2.32. The van der Waals surface area contributed by atoms with Gasteiger partial charge in [0.1, 0.15) is 5.70 Å². The number of aryl methyl sites for hydroxylation is 1. The zero-order chi connectivity index (χ0) is 13.4. The maximum atomic E-state index is 11.9. The monoisotopic (exact) mass is 247 g/mol. The number of carbonyl (C=O) groups is 2. The van der Waals surface area contributed by atoms with Crippen LogP contribution in [0.2, 0.25) is 0 Å². The van der Waals surface area contributed by atoms with E-state index in [-0.39, 0.29) is 11.9 Å². The summed E-state index contributed by atoms with van der Waals surface area (Å²) < 4.78 is 2.05. The summed E-state index contributed by atoms with van der Waals surface area (Å²) >= 11 is 0. The molecule has 0 spiro atoms. The van der Waals surface area contributed by atoms with Gasteiger partial charge in [-0.05, 0) is 38.5 Å². The fraction of sp³-hybridized carbons (Fsp3) is 0.385. The fourth-order valence-corrected chi connectivity index (χ4v) is 2.04. The molecule has 1 aromatic rings. The molecule has 5 nitrogen and oxygen atoms in total. The van der Waals surface area contributed by atoms with Gasteiger partial charge in [0.2, 0.25) is 0 Å². The molecule has 0 aliphatic carbocycles. The number of carbonyl (C=O) groups excluding carboxylic acids is 2. The second kappa shape index (κ2) is 4.33. The number of imide groups is 1. The van der Waals surface area contributed by atoms with Crippen molar-refractivity contribution in [1.29, 1.82) is 0 Å². The predicted molar refractivity (Wildman–Crippen MR) is 68.8 cm³/mol. The molecule has 0 aromatic carbocycles. The lowest BCUT2D eigenvalue weighted by atomic mass is 10.2. The van der Waals surface area contributed by atoms with Crippen molar-refractivity contribution in [3.63, 3.8) is 0 Å². The number of aromatic nitrogens is 1. The molecule has 1 aromatic heterocycles. The molecular weight excluding hydrogens is 230 g/mol. The van der Waals surface area contributed by atoms with Crippen LogP contribution in [0.1, 0.15) is 23.9 Å². The van der Waals surface area contributed by atoms with Gasteiger partial charge in [0.25, 0.3) is 5.91 Å². The fourth-order valence-electron chi connectivity index (χ4n) is 2.04. The van der Waals surface area contributed by atoms with Crippen molar-refractivity contribution in [2.75, 3.05) is 6.54 Å². The first kappa shape index (κ1) is 12.4. The normalized spacial score (nSPS) is 17.8. The van der Waals surface area contributed by atoms with Gasteiger partial charge in [-0.1, -0.05) is 0 Å². The van der Waals surface area contributed by atoms with E-state index in [1.54, 1.807) is 13.0 Å². The number of likely N-dealkylation sites (N-methyl/N-ethyl adjacent to an activating group) is 1. The second-order valence-corrected chi connectivity index (χ2v) is 4.42. The summed E-state index contributed by atoms with van der Waals surface area (Å²) in [5.74, 6) is -0.261. The highest BCUT2D eigenvalue weighted by atomic mass is 16.2. The van der Waals surface area contributed by atoms with Gasteiger partial charge in [-0.15, -0.1) is 0 Å². The number of hydrogen-bond donors (Lipinski definition) is 1. The van der Waals surface area contributed by atoms with Crippen LogP contribution in [0, 0.1) is 13.8 Å². The van der Waals surface area contributed by atoms with E-state index in [0.717, 1.165) is 17.0 Å². The van der Waals surface area contributed by atoms with E-state index in [2.05, 4.69) is 5.32 Å². The molecule has 1 fully saturated rings. The second-order valence-electron chi connectivity index (χ2n) is 4.42. The Labute approximate surface area is 106 Å². The minimum absolute atomic E-state index is 0.261. The third-order valence-corrected chi connectivity index (χ3v) is 3.39. The van der Waals surface area contributed by atoms with Crippen LogP contribution >= 0.6 is 0 Å².